The Morgan fingerprint density at radius 2 is 0.929 bits per heavy atom. The molecule has 0 spiro atoms. The molecule has 42 heavy (non-hydrogen) atoms. The second-order valence-corrected chi connectivity index (χ2v) is 10.5. The van der Waals surface area contributed by atoms with Crippen LogP contribution in [-0.2, 0) is 14.1 Å². The molecule has 0 N–H and O–H groups in total. The molecular weight excluding hydrogens is 516 g/mol. The topological polar surface area (TPSA) is 52.7 Å². The van der Waals surface area contributed by atoms with Crippen molar-refractivity contribution in [1.29, 1.82) is 0 Å². The van der Waals surface area contributed by atoms with E-state index in [1.807, 2.05) is 49.5 Å². The molecule has 0 atom stereocenters. The predicted octanol–water partition coefficient (Wildman–Crippen LogP) is 8.00. The van der Waals surface area contributed by atoms with Crippen LogP contribution in [0.25, 0.3) is 67.2 Å². The number of aryl methyl sites for hydroxylation is 2. The highest BCUT2D eigenvalue weighted by Crippen LogP contribution is 2.32. The van der Waals surface area contributed by atoms with Crippen LogP contribution in [0.4, 0.5) is 0 Å². The Balaban J connectivity index is 1.33. The number of benzene rings is 5. The standard InChI is InChI=1S/C37H28N4O/c1-40-34-21-20-30(23-35(34)41(2)37(40)42)29-14-9-15-31(22-29)33-24-32(38-36(39-33)28-12-7-4-8-13-28)27-18-16-26(17-19-27)25-10-5-3-6-11-25/h3-24H,1-2H3. The molecule has 5 heteroatoms. The minimum atomic E-state index is -0.0327. The summed E-state index contributed by atoms with van der Waals surface area (Å²) in [5, 5.41) is 0. The van der Waals surface area contributed by atoms with Crippen LogP contribution in [0.5, 0.6) is 0 Å². The van der Waals surface area contributed by atoms with E-state index >= 15 is 0 Å². The first-order chi connectivity index (χ1) is 20.5. The molecule has 5 aromatic carbocycles. The minimum Gasteiger partial charge on any atom is -0.295 e. The molecule has 2 heterocycles. The van der Waals surface area contributed by atoms with E-state index in [0.29, 0.717) is 5.82 Å². The molecule has 0 saturated heterocycles. The Kier molecular flexibility index (Phi) is 6.32. The lowest BCUT2D eigenvalue weighted by molar-refractivity contribution is 0.795. The molecule has 2 aromatic heterocycles. The van der Waals surface area contributed by atoms with Crippen LogP contribution in [0.2, 0.25) is 0 Å². The Morgan fingerprint density at radius 1 is 0.429 bits per heavy atom. The summed E-state index contributed by atoms with van der Waals surface area (Å²) < 4.78 is 3.37. The van der Waals surface area contributed by atoms with Gasteiger partial charge in [0.15, 0.2) is 5.82 Å². The van der Waals surface area contributed by atoms with Crippen LogP contribution in [0.15, 0.2) is 138 Å². The fourth-order valence-electron chi connectivity index (χ4n) is 5.47. The second kappa shape index (κ2) is 10.5. The minimum absolute atomic E-state index is 0.0327. The maximum absolute atomic E-state index is 12.5. The van der Waals surface area contributed by atoms with Crippen molar-refractivity contribution >= 4 is 11.0 Å². The van der Waals surface area contributed by atoms with E-state index in [0.717, 1.165) is 55.8 Å². The van der Waals surface area contributed by atoms with Crippen molar-refractivity contribution in [3.8, 4) is 56.2 Å². The lowest BCUT2D eigenvalue weighted by Crippen LogP contribution is -2.19. The molecule has 0 bridgehead atoms. The number of rotatable bonds is 5. The summed E-state index contributed by atoms with van der Waals surface area (Å²) in [6, 6.07) is 45.6. The van der Waals surface area contributed by atoms with E-state index in [1.165, 1.54) is 5.56 Å². The zero-order chi connectivity index (χ0) is 28.6. The van der Waals surface area contributed by atoms with Crippen molar-refractivity contribution < 1.29 is 0 Å². The Hall–Kier alpha value is -5.55. The van der Waals surface area contributed by atoms with Crippen molar-refractivity contribution in [3.63, 3.8) is 0 Å². The Labute approximate surface area is 244 Å². The van der Waals surface area contributed by atoms with Crippen molar-refractivity contribution in [2.24, 2.45) is 14.1 Å². The summed E-state index contributed by atoms with van der Waals surface area (Å²) in [5.41, 5.74) is 10.9. The third-order valence-corrected chi connectivity index (χ3v) is 7.81. The highest BCUT2D eigenvalue weighted by Gasteiger charge is 2.13. The molecule has 0 amide bonds. The molecule has 7 aromatic rings. The van der Waals surface area contributed by atoms with E-state index in [2.05, 4.69) is 91.0 Å². The third kappa shape index (κ3) is 4.61. The van der Waals surface area contributed by atoms with E-state index in [-0.39, 0.29) is 5.69 Å². The third-order valence-electron chi connectivity index (χ3n) is 7.81. The molecule has 0 saturated carbocycles. The van der Waals surface area contributed by atoms with Gasteiger partial charge in [0.25, 0.3) is 0 Å². The van der Waals surface area contributed by atoms with Gasteiger partial charge in [0, 0.05) is 30.8 Å². The second-order valence-electron chi connectivity index (χ2n) is 10.5. The van der Waals surface area contributed by atoms with Gasteiger partial charge in [0.05, 0.1) is 22.4 Å². The molecular formula is C37H28N4O. The Morgan fingerprint density at radius 3 is 1.64 bits per heavy atom. The molecule has 0 aliphatic heterocycles. The van der Waals surface area contributed by atoms with Crippen molar-refractivity contribution in [1.82, 2.24) is 19.1 Å². The van der Waals surface area contributed by atoms with Crippen LogP contribution < -0.4 is 5.69 Å². The summed E-state index contributed by atoms with van der Waals surface area (Å²) in [6.07, 6.45) is 0. The SMILES string of the molecule is Cn1c(=O)n(C)c2cc(-c3cccc(-c4cc(-c5ccc(-c6ccccc6)cc5)nc(-c5ccccc5)n4)c3)ccc21. The first-order valence-corrected chi connectivity index (χ1v) is 13.9. The monoisotopic (exact) mass is 544 g/mol. The van der Waals surface area contributed by atoms with Crippen molar-refractivity contribution in [2.75, 3.05) is 0 Å². The lowest BCUT2D eigenvalue weighted by atomic mass is 9.99. The average molecular weight is 545 g/mol. The summed E-state index contributed by atoms with van der Waals surface area (Å²) in [6.45, 7) is 0. The van der Waals surface area contributed by atoms with Gasteiger partial charge in [-0.1, -0.05) is 109 Å². The van der Waals surface area contributed by atoms with E-state index in [4.69, 9.17) is 9.97 Å². The van der Waals surface area contributed by atoms with Crippen LogP contribution in [0, 0.1) is 0 Å². The normalized spacial score (nSPS) is 11.2. The van der Waals surface area contributed by atoms with Crippen LogP contribution in [0.3, 0.4) is 0 Å². The average Bonchev–Trinajstić information content (AvgIpc) is 3.28. The van der Waals surface area contributed by atoms with E-state index in [1.54, 1.807) is 16.2 Å². The first-order valence-electron chi connectivity index (χ1n) is 13.9. The summed E-state index contributed by atoms with van der Waals surface area (Å²) in [4.78, 5) is 22.5. The number of imidazole rings is 1. The first kappa shape index (κ1) is 25.4. The van der Waals surface area contributed by atoms with Crippen LogP contribution >= 0.6 is 0 Å². The fraction of sp³-hybridized carbons (Fsp3) is 0.0541. The molecule has 7 rings (SSSR count). The Bertz CT molecular complexity index is 2110. The molecule has 0 unspecified atom stereocenters. The molecule has 0 aliphatic carbocycles. The van der Waals surface area contributed by atoms with Crippen LogP contribution in [-0.4, -0.2) is 19.1 Å². The van der Waals surface area contributed by atoms with E-state index in [9.17, 15) is 4.79 Å². The van der Waals surface area contributed by atoms with Gasteiger partial charge >= 0.3 is 5.69 Å². The number of hydrogen-bond acceptors (Lipinski definition) is 3. The van der Waals surface area contributed by atoms with Gasteiger partial charge in [-0.3, -0.25) is 9.13 Å². The van der Waals surface area contributed by atoms with Crippen LogP contribution in [0.1, 0.15) is 0 Å². The number of nitrogens with zero attached hydrogens (tertiary/aromatic N) is 4. The highest BCUT2D eigenvalue weighted by molar-refractivity contribution is 5.84. The maximum Gasteiger partial charge on any atom is 0.328 e. The summed E-state index contributed by atoms with van der Waals surface area (Å²) >= 11 is 0. The molecule has 5 nitrogen and oxygen atoms in total. The smallest absolute Gasteiger partial charge is 0.295 e. The molecule has 0 fully saturated rings. The molecule has 202 valence electrons. The largest absolute Gasteiger partial charge is 0.328 e. The zero-order valence-corrected chi connectivity index (χ0v) is 23.4. The van der Waals surface area contributed by atoms with Gasteiger partial charge < -0.3 is 0 Å². The van der Waals surface area contributed by atoms with Gasteiger partial charge in [-0.2, -0.15) is 0 Å². The van der Waals surface area contributed by atoms with Gasteiger partial charge in [-0.05, 0) is 46.5 Å². The maximum atomic E-state index is 12.5. The van der Waals surface area contributed by atoms with Gasteiger partial charge in [0.1, 0.15) is 0 Å². The summed E-state index contributed by atoms with van der Waals surface area (Å²) in [5.74, 6) is 0.682. The lowest BCUT2D eigenvalue weighted by Gasteiger charge is -2.11. The number of fused-ring (bicyclic) bond motifs is 1. The molecule has 0 radical (unpaired) electrons. The molecule has 0 aliphatic rings. The van der Waals surface area contributed by atoms with E-state index < -0.39 is 0 Å². The summed E-state index contributed by atoms with van der Waals surface area (Å²) in [7, 11) is 3.61. The fourth-order valence-corrected chi connectivity index (χ4v) is 5.47. The van der Waals surface area contributed by atoms with Gasteiger partial charge in [0.2, 0.25) is 0 Å². The highest BCUT2D eigenvalue weighted by atomic mass is 16.1. The number of aromatic nitrogens is 4. The van der Waals surface area contributed by atoms with Gasteiger partial charge in [-0.15, -0.1) is 0 Å². The quantitative estimate of drug-likeness (QED) is 0.221. The van der Waals surface area contributed by atoms with Crippen molar-refractivity contribution in [3.05, 3.63) is 144 Å². The van der Waals surface area contributed by atoms with Gasteiger partial charge in [-0.25, -0.2) is 14.8 Å². The zero-order valence-electron chi connectivity index (χ0n) is 23.4. The van der Waals surface area contributed by atoms with Crippen molar-refractivity contribution in [2.45, 2.75) is 0 Å². The predicted molar refractivity (Wildman–Crippen MR) is 171 cm³/mol. The number of hydrogen-bond donors (Lipinski definition) is 0.